The Balaban J connectivity index is 1.63. The van der Waals surface area contributed by atoms with E-state index in [9.17, 15) is 14.7 Å². The topological polar surface area (TPSA) is 76.1 Å². The van der Waals surface area contributed by atoms with Gasteiger partial charge in [0.05, 0.1) is 29.3 Å². The first-order valence-corrected chi connectivity index (χ1v) is 11.6. The fourth-order valence-corrected chi connectivity index (χ4v) is 4.55. The Bertz CT molecular complexity index is 1260. The SMILES string of the molecule is CCOC(=O)Cc1ccc(N2C(=O)c3c(OCc4cccc(Cl)c4)ccc(Cl)c3C2O)c(Cl)c1. The molecule has 1 unspecified atom stereocenters. The molecule has 1 aliphatic heterocycles. The zero-order chi connectivity index (χ0) is 24.4. The Morgan fingerprint density at radius 3 is 2.53 bits per heavy atom. The van der Waals surface area contributed by atoms with Crippen LogP contribution in [0.2, 0.25) is 15.1 Å². The van der Waals surface area contributed by atoms with E-state index in [1.54, 1.807) is 55.5 Å². The van der Waals surface area contributed by atoms with Gasteiger partial charge < -0.3 is 14.6 Å². The van der Waals surface area contributed by atoms with Crippen LogP contribution in [0.25, 0.3) is 0 Å². The molecule has 0 bridgehead atoms. The highest BCUT2D eigenvalue weighted by atomic mass is 35.5. The monoisotopic (exact) mass is 519 g/mol. The molecule has 1 N–H and O–H groups in total. The Labute approximate surface area is 211 Å². The summed E-state index contributed by atoms with van der Waals surface area (Å²) in [5, 5.41) is 12.0. The minimum atomic E-state index is -1.36. The Hall–Kier alpha value is -2.77. The average molecular weight is 521 g/mol. The molecule has 0 saturated carbocycles. The number of carbonyl (C=O) groups excluding carboxylic acids is 2. The maximum Gasteiger partial charge on any atom is 0.310 e. The number of anilines is 1. The van der Waals surface area contributed by atoms with Gasteiger partial charge in [0.15, 0.2) is 6.23 Å². The van der Waals surface area contributed by atoms with Crippen LogP contribution in [-0.2, 0) is 22.6 Å². The molecule has 3 aromatic carbocycles. The van der Waals surface area contributed by atoms with Crippen LogP contribution in [0.15, 0.2) is 54.6 Å². The van der Waals surface area contributed by atoms with E-state index < -0.39 is 12.1 Å². The summed E-state index contributed by atoms with van der Waals surface area (Å²) in [6, 6.07) is 15.1. The van der Waals surface area contributed by atoms with Gasteiger partial charge in [-0.3, -0.25) is 14.5 Å². The number of nitrogens with zero attached hydrogens (tertiary/aromatic N) is 1. The second kappa shape index (κ2) is 10.2. The van der Waals surface area contributed by atoms with Gasteiger partial charge in [-0.2, -0.15) is 0 Å². The molecular weight excluding hydrogens is 501 g/mol. The van der Waals surface area contributed by atoms with Gasteiger partial charge in [-0.1, -0.05) is 53.0 Å². The largest absolute Gasteiger partial charge is 0.488 e. The van der Waals surface area contributed by atoms with Crippen LogP contribution in [0, 0.1) is 0 Å². The molecule has 1 amide bonds. The van der Waals surface area contributed by atoms with E-state index in [0.29, 0.717) is 10.6 Å². The summed E-state index contributed by atoms with van der Waals surface area (Å²) in [6.07, 6.45) is -1.32. The molecule has 0 saturated heterocycles. The van der Waals surface area contributed by atoms with E-state index in [-0.39, 0.29) is 58.2 Å². The van der Waals surface area contributed by atoms with Gasteiger partial charge in [0, 0.05) is 15.6 Å². The molecule has 0 aromatic heterocycles. The van der Waals surface area contributed by atoms with Crippen molar-refractivity contribution in [3.63, 3.8) is 0 Å². The minimum Gasteiger partial charge on any atom is -0.488 e. The van der Waals surface area contributed by atoms with E-state index >= 15 is 0 Å². The van der Waals surface area contributed by atoms with Gasteiger partial charge in [0.1, 0.15) is 12.4 Å². The van der Waals surface area contributed by atoms with Gasteiger partial charge in [0.2, 0.25) is 0 Å². The molecule has 3 aromatic rings. The van der Waals surface area contributed by atoms with Gasteiger partial charge >= 0.3 is 5.97 Å². The van der Waals surface area contributed by atoms with Gasteiger partial charge in [0.25, 0.3) is 5.91 Å². The highest BCUT2D eigenvalue weighted by Crippen LogP contribution is 2.45. The zero-order valence-electron chi connectivity index (χ0n) is 18.1. The highest BCUT2D eigenvalue weighted by Gasteiger charge is 2.41. The van der Waals surface area contributed by atoms with Crippen molar-refractivity contribution in [1.82, 2.24) is 0 Å². The summed E-state index contributed by atoms with van der Waals surface area (Å²) >= 11 is 18.8. The molecule has 0 radical (unpaired) electrons. The lowest BCUT2D eigenvalue weighted by molar-refractivity contribution is -0.142. The van der Waals surface area contributed by atoms with Gasteiger partial charge in [-0.15, -0.1) is 0 Å². The number of hydrogen-bond donors (Lipinski definition) is 1. The second-order valence-corrected chi connectivity index (χ2v) is 8.82. The summed E-state index contributed by atoms with van der Waals surface area (Å²) in [5.74, 6) is -0.614. The highest BCUT2D eigenvalue weighted by molar-refractivity contribution is 6.35. The Morgan fingerprint density at radius 1 is 1.03 bits per heavy atom. The number of rotatable bonds is 7. The van der Waals surface area contributed by atoms with Crippen LogP contribution >= 0.6 is 34.8 Å². The molecule has 1 atom stereocenters. The fourth-order valence-electron chi connectivity index (χ4n) is 3.79. The quantitative estimate of drug-likeness (QED) is 0.388. The summed E-state index contributed by atoms with van der Waals surface area (Å²) in [6.45, 7) is 2.17. The molecule has 176 valence electrons. The maximum atomic E-state index is 13.4. The number of ether oxygens (including phenoxy) is 2. The number of amides is 1. The van der Waals surface area contributed by atoms with Crippen LogP contribution in [0.4, 0.5) is 5.69 Å². The minimum absolute atomic E-state index is 0.0396. The summed E-state index contributed by atoms with van der Waals surface area (Å²) in [4.78, 5) is 26.3. The zero-order valence-corrected chi connectivity index (χ0v) is 20.3. The van der Waals surface area contributed by atoms with Crippen LogP contribution in [0.5, 0.6) is 5.75 Å². The van der Waals surface area contributed by atoms with Gasteiger partial charge in [-0.25, -0.2) is 0 Å². The molecule has 1 aliphatic rings. The Morgan fingerprint density at radius 2 is 1.82 bits per heavy atom. The fraction of sp³-hybridized carbons (Fsp3) is 0.200. The molecule has 6 nitrogen and oxygen atoms in total. The first kappa shape index (κ1) is 24.4. The molecule has 0 fully saturated rings. The number of aliphatic hydroxyl groups is 1. The van der Waals surface area contributed by atoms with Crippen LogP contribution in [-0.4, -0.2) is 23.6 Å². The maximum absolute atomic E-state index is 13.4. The van der Waals surface area contributed by atoms with Crippen molar-refractivity contribution in [2.24, 2.45) is 0 Å². The van der Waals surface area contributed by atoms with E-state index in [2.05, 4.69) is 0 Å². The number of halogens is 3. The lowest BCUT2D eigenvalue weighted by Gasteiger charge is -2.22. The molecule has 0 spiro atoms. The lowest BCUT2D eigenvalue weighted by Crippen LogP contribution is -2.28. The molecule has 9 heteroatoms. The van der Waals surface area contributed by atoms with E-state index in [1.807, 2.05) is 6.07 Å². The first-order chi connectivity index (χ1) is 16.3. The number of hydrogen-bond acceptors (Lipinski definition) is 5. The average Bonchev–Trinajstić information content (AvgIpc) is 3.05. The molecule has 34 heavy (non-hydrogen) atoms. The number of benzene rings is 3. The van der Waals surface area contributed by atoms with Crippen molar-refractivity contribution in [2.45, 2.75) is 26.2 Å². The van der Waals surface area contributed by atoms with Crippen LogP contribution < -0.4 is 9.64 Å². The van der Waals surface area contributed by atoms with E-state index in [4.69, 9.17) is 44.3 Å². The number of esters is 1. The first-order valence-electron chi connectivity index (χ1n) is 10.5. The van der Waals surface area contributed by atoms with Crippen molar-refractivity contribution >= 4 is 52.4 Å². The number of aliphatic hydroxyl groups excluding tert-OH is 1. The summed E-state index contributed by atoms with van der Waals surface area (Å²) in [7, 11) is 0. The number of fused-ring (bicyclic) bond motifs is 1. The molecule has 0 aliphatic carbocycles. The van der Waals surface area contributed by atoms with E-state index in [1.165, 1.54) is 0 Å². The van der Waals surface area contributed by atoms with E-state index in [0.717, 1.165) is 10.5 Å². The van der Waals surface area contributed by atoms with Crippen LogP contribution in [0.1, 0.15) is 40.2 Å². The molecule has 4 rings (SSSR count). The van der Waals surface area contributed by atoms with Crippen molar-refractivity contribution in [3.05, 3.63) is 91.9 Å². The van der Waals surface area contributed by atoms with Crippen molar-refractivity contribution in [2.75, 3.05) is 11.5 Å². The predicted octanol–water partition coefficient (Wildman–Crippen LogP) is 5.98. The third-order valence-electron chi connectivity index (χ3n) is 5.30. The summed E-state index contributed by atoms with van der Waals surface area (Å²) in [5.41, 5.74) is 2.11. The number of carbonyl (C=O) groups is 2. The van der Waals surface area contributed by atoms with Crippen LogP contribution in [0.3, 0.4) is 0 Å². The van der Waals surface area contributed by atoms with Crippen molar-refractivity contribution in [1.29, 1.82) is 0 Å². The third-order valence-corrected chi connectivity index (χ3v) is 6.17. The van der Waals surface area contributed by atoms with Gasteiger partial charge in [-0.05, 0) is 54.4 Å². The van der Waals surface area contributed by atoms with Crippen molar-refractivity contribution < 1.29 is 24.2 Å². The lowest BCUT2D eigenvalue weighted by atomic mass is 10.1. The molecular formula is C25H20Cl3NO5. The third kappa shape index (κ3) is 4.86. The Kier molecular flexibility index (Phi) is 7.33. The normalized spacial score (nSPS) is 14.8. The smallest absolute Gasteiger partial charge is 0.310 e. The van der Waals surface area contributed by atoms with Crippen molar-refractivity contribution in [3.8, 4) is 5.75 Å². The molecule has 1 heterocycles. The standard InChI is InChI=1S/C25H20Cl3NO5/c1-2-33-21(30)12-14-6-8-19(18(28)11-14)29-24(31)22-17(27)7-9-20(23(22)25(29)32)34-13-15-4-3-5-16(26)10-15/h3-11,24,31H,2,12-13H2,1H3. The second-order valence-electron chi connectivity index (χ2n) is 7.57. The summed E-state index contributed by atoms with van der Waals surface area (Å²) < 4.78 is 10.9. The predicted molar refractivity (Wildman–Crippen MR) is 131 cm³/mol.